The fraction of sp³-hybridized carbons (Fsp3) is 0.290. The molecule has 0 saturated heterocycles. The Labute approximate surface area is 563 Å². The maximum absolute atomic E-state index is 11.0. The molecule has 4 saturated carbocycles. The molecule has 4 aliphatic rings. The molecule has 7 aromatic rings. The van der Waals surface area contributed by atoms with Crippen LogP contribution in [0.3, 0.4) is 0 Å². The maximum atomic E-state index is 11.0. The molecule has 0 unspecified atom stereocenters. The van der Waals surface area contributed by atoms with Crippen molar-refractivity contribution in [1.29, 1.82) is 0 Å². The quantitative estimate of drug-likeness (QED) is 0.0686. The van der Waals surface area contributed by atoms with Crippen LogP contribution in [0.5, 0.6) is 0 Å². The van der Waals surface area contributed by atoms with Gasteiger partial charge in [-0.2, -0.15) is 4.90 Å². The van der Waals surface area contributed by atoms with E-state index in [4.69, 9.17) is 22.8 Å². The Bertz CT molecular complexity index is 2250. The summed E-state index contributed by atoms with van der Waals surface area (Å²) in [6.07, 6.45) is 30.0. The minimum Gasteiger partial charge on any atom is -0.0620 e. The van der Waals surface area contributed by atoms with Crippen molar-refractivity contribution in [2.45, 2.75) is 133 Å². The summed E-state index contributed by atoms with van der Waals surface area (Å²) < 4.78 is 0. The van der Waals surface area contributed by atoms with Crippen LogP contribution in [0, 0.1) is 37.1 Å². The summed E-state index contributed by atoms with van der Waals surface area (Å²) in [5.41, 5.74) is 0.597. The van der Waals surface area contributed by atoms with Crippen LogP contribution >= 0.6 is 25.0 Å². The Morgan fingerprint density at radius 2 is 0.469 bits per heavy atom. The topological polar surface area (TPSA) is 74.6 Å². The number of benzene rings is 7. The number of carbonyl (C=O) groups is 2. The molecule has 0 atom stereocenters. The van der Waals surface area contributed by atoms with Gasteiger partial charge in [-0.15, -0.1) is 0 Å². The fourth-order valence-corrected chi connectivity index (χ4v) is 14.2. The Hall–Kier alpha value is -2.24. The molecule has 0 spiro atoms. The van der Waals surface area contributed by atoms with E-state index >= 15 is 0 Å². The van der Waals surface area contributed by atoms with Crippen LogP contribution in [0.2, 0.25) is 0 Å². The van der Waals surface area contributed by atoms with E-state index in [1.54, 1.807) is 44.3 Å². The average molecular weight is 1600 g/mol. The largest absolute Gasteiger partial charge is 3.00 e. The normalized spacial score (nSPS) is 12.5. The van der Waals surface area contributed by atoms with Gasteiger partial charge in [0.1, 0.15) is 31.8 Å². The van der Waals surface area contributed by atoms with Crippen molar-refractivity contribution in [3.63, 3.8) is 0 Å². The summed E-state index contributed by atoms with van der Waals surface area (Å²) in [6.45, 7) is 0. The molecule has 0 aliphatic heterocycles. The second kappa shape index (κ2) is 56.9. The number of rotatable bonds is 8. The zero-order valence-electron chi connectivity index (χ0n) is 48.8. The number of carboxylic acid groups (broad SMARTS) is 2. The van der Waals surface area contributed by atoms with E-state index < -0.39 is 27.8 Å². The van der Waals surface area contributed by atoms with Gasteiger partial charge in [0.15, 0.2) is 0 Å². The first-order valence-electron chi connectivity index (χ1n) is 26.4. The van der Waals surface area contributed by atoms with Crippen LogP contribution in [-0.4, -0.2) is 22.2 Å². The Morgan fingerprint density at radius 3 is 0.630 bits per heavy atom. The Balaban J connectivity index is -0.000000294. The molecule has 11 rings (SSSR count). The van der Waals surface area contributed by atoms with Crippen LogP contribution in [-0.2, 0) is 98.4 Å². The number of halogens is 1. The van der Waals surface area contributed by atoms with Crippen LogP contribution in [0.1, 0.15) is 149 Å². The second-order valence-electron chi connectivity index (χ2n) is 18.4. The molecule has 0 amide bonds. The molecule has 2 N–H and O–H groups in total. The first-order chi connectivity index (χ1) is 35.9. The third-order valence-corrected chi connectivity index (χ3v) is 18.6. The number of aromatic carboxylic acids is 2. The van der Waals surface area contributed by atoms with E-state index in [0.717, 1.165) is 0 Å². The van der Waals surface area contributed by atoms with E-state index in [0.29, 0.717) is 10.5 Å². The van der Waals surface area contributed by atoms with Gasteiger partial charge in [-0.05, 0) is 97.1 Å². The number of carboxylic acids is 2. The number of hydrogen-bond donors (Lipinski definition) is 2. The Morgan fingerprint density at radius 1 is 0.321 bits per heavy atom. The van der Waals surface area contributed by atoms with Gasteiger partial charge in [-0.1, -0.05) is 232 Å². The Kier molecular flexibility index (Phi) is 61.5. The van der Waals surface area contributed by atoms with E-state index in [1.165, 1.54) is 172 Å². The first-order valence-corrected chi connectivity index (χ1v) is 32.5. The summed E-state index contributed by atoms with van der Waals surface area (Å²) in [6, 6.07) is 66.7. The van der Waals surface area contributed by atoms with Gasteiger partial charge in [0.05, 0.1) is 27.0 Å². The van der Waals surface area contributed by atoms with Crippen molar-refractivity contribution in [1.82, 2.24) is 0 Å². The third kappa shape index (κ3) is 37.0. The third-order valence-electron chi connectivity index (χ3n) is 12.8. The van der Waals surface area contributed by atoms with Gasteiger partial charge in [0.2, 0.25) is 0 Å². The van der Waals surface area contributed by atoms with Gasteiger partial charge in [0.25, 0.3) is 0 Å². The molecule has 0 aromatic heterocycles. The van der Waals surface area contributed by atoms with Crippen LogP contribution < -0.4 is 31.8 Å². The molecule has 0 heterocycles. The molecule has 4 aliphatic carbocycles. The minimum absolute atomic E-state index is 0. The van der Waals surface area contributed by atoms with Crippen molar-refractivity contribution in [3.05, 3.63) is 248 Å². The van der Waals surface area contributed by atoms with Crippen molar-refractivity contribution in [2.75, 3.05) is 0 Å². The van der Waals surface area contributed by atoms with Crippen molar-refractivity contribution in [3.8, 4) is 0 Å². The summed E-state index contributed by atoms with van der Waals surface area (Å²) in [5, 5.41) is 25.6. The van der Waals surface area contributed by atoms with Crippen molar-refractivity contribution < 1.29 is 106 Å². The fourth-order valence-electron chi connectivity index (χ4n) is 8.94. The predicted molar refractivity (Wildman–Crippen MR) is 349 cm³/mol. The molecule has 12 heteroatoms. The van der Waals surface area contributed by atoms with Crippen molar-refractivity contribution >= 4 is 81.4 Å². The molecular weight excluding hydrogens is 1510 g/mol. The SMILES string of the molecule is C1CCCC1.C1CCCC1.C1CCCC1.C1CCCC1.O=C(O)c1ccc([PH+](c2ccccc2)c2ccccc2)cc1.O=C(O)c1ccc([S-])cc1.[Au+].[CH3-].[CH3-].[CH3-].[CH3-].[CH3-].[Cl][Au].[Ti+2].[Ti+3].c1ccc([PH+](c2ccccc2)c2ccccc2)cc1. The maximum Gasteiger partial charge on any atom is 3.00 e. The molecule has 7 aromatic carbocycles. The van der Waals surface area contributed by atoms with Crippen LogP contribution in [0.4, 0.5) is 0 Å². The van der Waals surface area contributed by atoms with Gasteiger partial charge < -0.3 is 60.0 Å². The van der Waals surface area contributed by atoms with Crippen LogP contribution in [0.25, 0.3) is 0 Å². The number of hydrogen-bond acceptors (Lipinski definition) is 3. The zero-order chi connectivity index (χ0) is 52.0. The summed E-state index contributed by atoms with van der Waals surface area (Å²) >= 11 is 6.52. The smallest absolute Gasteiger partial charge is 0.0620 e. The molecule has 1 radical (unpaired) electrons. The molecule has 4 nitrogen and oxygen atoms in total. The van der Waals surface area contributed by atoms with Crippen LogP contribution in [0.15, 0.2) is 205 Å². The van der Waals surface area contributed by atoms with E-state index in [-0.39, 0.29) is 109 Å². The second-order valence-corrected chi connectivity index (χ2v) is 23.8. The van der Waals surface area contributed by atoms with Gasteiger partial charge in [0, 0.05) is 0 Å². The summed E-state index contributed by atoms with van der Waals surface area (Å²) in [7, 11) is 2.59. The van der Waals surface area contributed by atoms with Crippen molar-refractivity contribution in [2.24, 2.45) is 0 Å². The predicted octanol–water partition coefficient (Wildman–Crippen LogP) is 18.1. The summed E-state index contributed by atoms with van der Waals surface area (Å²) in [5.74, 6) is -1.81. The first kappa shape index (κ1) is 87.5. The van der Waals surface area contributed by atoms with Gasteiger partial charge in [-0.3, -0.25) is 0 Å². The average Bonchev–Trinajstić information content (AvgIpc) is 4.33. The standard InChI is InChI=1S/C19H15O2P.C18H15P.C7H6O2S.4C5H10.5CH3.2Au.ClH.2Ti/c20-19(21)15-11-13-18(14-12-15)22(16-7-3-1-4-8-16)17-9-5-2-6-10-17;1-4-10-16(11-5-1)19(17-12-6-2-7-13-17)18-14-8-3-9-15-18;8-7(9)5-1-3-6(10)4-2-5;4*1-2-4-5-3-1;;;;;;;;;;/h1-14H,(H,20,21);1-15H;1-4,10H,(H,8,9);4*1-5H2;5*1H3;;;1H;;/q;;;;;;;5*-1;2*+1;;+2;+3. The summed E-state index contributed by atoms with van der Waals surface area (Å²) in [4.78, 5) is 22.0. The van der Waals surface area contributed by atoms with E-state index in [9.17, 15) is 9.59 Å². The van der Waals surface area contributed by atoms with E-state index in [1.807, 2.05) is 24.3 Å². The van der Waals surface area contributed by atoms with Gasteiger partial charge >= 0.3 is 107 Å². The van der Waals surface area contributed by atoms with Gasteiger partial charge in [-0.25, -0.2) is 9.59 Å². The molecule has 81 heavy (non-hydrogen) atoms. The molecule has 4 fully saturated rings. The molecule has 0 bridgehead atoms. The monoisotopic (exact) mass is 1600 g/mol. The van der Waals surface area contributed by atoms with E-state index in [2.05, 4.69) is 149 Å². The molecular formula is C69H92Au2ClO4P2STi2+2. The minimum atomic E-state index is -1.11. The molecule has 443 valence electrons. The zero-order valence-corrected chi connectivity index (χ0v) is 59.8.